The lowest BCUT2D eigenvalue weighted by Crippen LogP contribution is -2.52. The summed E-state index contributed by atoms with van der Waals surface area (Å²) in [5.74, 6) is -0.645. The number of rotatable bonds is 6. The SMILES string of the molecule is O=C(OCc1ccccc1)C1COC(=O)N1C1CCN(S(=O)(=O)c2ccccc2C(F)(F)F)CC1. The van der Waals surface area contributed by atoms with E-state index < -0.39 is 50.8 Å². The fraction of sp³-hybridized carbons (Fsp3) is 0.391. The van der Waals surface area contributed by atoms with Crippen molar-refractivity contribution in [2.24, 2.45) is 0 Å². The van der Waals surface area contributed by atoms with Crippen molar-refractivity contribution in [3.63, 3.8) is 0 Å². The number of nitrogens with zero attached hydrogens (tertiary/aromatic N) is 2. The van der Waals surface area contributed by atoms with E-state index in [1.54, 1.807) is 24.3 Å². The minimum Gasteiger partial charge on any atom is -0.459 e. The van der Waals surface area contributed by atoms with Crippen LogP contribution in [-0.4, -0.2) is 61.5 Å². The maximum absolute atomic E-state index is 13.4. The number of sulfonamides is 1. The van der Waals surface area contributed by atoms with Crippen LogP contribution in [0.25, 0.3) is 0 Å². The van der Waals surface area contributed by atoms with Crippen LogP contribution in [0.2, 0.25) is 0 Å². The first kappa shape index (κ1) is 25.0. The van der Waals surface area contributed by atoms with Crippen LogP contribution in [0.4, 0.5) is 18.0 Å². The highest BCUT2D eigenvalue weighted by Gasteiger charge is 2.46. The molecule has 12 heteroatoms. The molecule has 2 aliphatic rings. The van der Waals surface area contributed by atoms with E-state index in [-0.39, 0.29) is 39.1 Å². The van der Waals surface area contributed by atoms with Gasteiger partial charge in [-0.05, 0) is 30.5 Å². The van der Waals surface area contributed by atoms with Crippen molar-refractivity contribution in [1.29, 1.82) is 0 Å². The third-order valence-corrected chi connectivity index (χ3v) is 7.99. The molecule has 1 atom stereocenters. The Kier molecular flexibility index (Phi) is 7.04. The number of esters is 1. The van der Waals surface area contributed by atoms with Crippen LogP contribution in [0.5, 0.6) is 0 Å². The second kappa shape index (κ2) is 9.86. The Hall–Kier alpha value is -3.12. The van der Waals surface area contributed by atoms with Gasteiger partial charge in [0.15, 0.2) is 6.04 Å². The van der Waals surface area contributed by atoms with Gasteiger partial charge in [0, 0.05) is 19.1 Å². The number of carbonyl (C=O) groups is 2. The summed E-state index contributed by atoms with van der Waals surface area (Å²) in [5.41, 5.74) is -0.457. The number of piperidine rings is 1. The Morgan fingerprint density at radius 2 is 1.66 bits per heavy atom. The molecule has 2 saturated heterocycles. The Morgan fingerprint density at radius 1 is 1.03 bits per heavy atom. The van der Waals surface area contributed by atoms with Gasteiger partial charge in [0.1, 0.15) is 13.2 Å². The van der Waals surface area contributed by atoms with E-state index >= 15 is 0 Å². The van der Waals surface area contributed by atoms with Gasteiger partial charge in [-0.2, -0.15) is 17.5 Å². The molecule has 8 nitrogen and oxygen atoms in total. The smallest absolute Gasteiger partial charge is 0.417 e. The van der Waals surface area contributed by atoms with E-state index in [9.17, 15) is 31.2 Å². The zero-order chi connectivity index (χ0) is 25.2. The summed E-state index contributed by atoms with van der Waals surface area (Å²) in [7, 11) is -4.42. The second-order valence-corrected chi connectivity index (χ2v) is 10.1. The van der Waals surface area contributed by atoms with E-state index in [1.807, 2.05) is 6.07 Å². The molecule has 0 spiro atoms. The number of alkyl halides is 3. The average Bonchev–Trinajstić information content (AvgIpc) is 3.24. The van der Waals surface area contributed by atoms with E-state index in [2.05, 4.69) is 0 Å². The summed E-state index contributed by atoms with van der Waals surface area (Å²) in [6, 6.07) is 11.5. The molecule has 1 amide bonds. The Labute approximate surface area is 200 Å². The van der Waals surface area contributed by atoms with Crippen LogP contribution in [0.1, 0.15) is 24.0 Å². The molecule has 2 aromatic carbocycles. The molecule has 35 heavy (non-hydrogen) atoms. The number of carbonyl (C=O) groups excluding carboxylic acids is 2. The molecule has 188 valence electrons. The van der Waals surface area contributed by atoms with Crippen LogP contribution in [0.3, 0.4) is 0 Å². The molecule has 2 fully saturated rings. The molecule has 2 aliphatic heterocycles. The van der Waals surface area contributed by atoms with E-state index in [0.29, 0.717) is 0 Å². The number of halogens is 3. The number of hydrogen-bond donors (Lipinski definition) is 0. The molecule has 2 aromatic rings. The normalized spacial score (nSPS) is 20.0. The molecule has 0 aliphatic carbocycles. The van der Waals surface area contributed by atoms with Crippen molar-refractivity contribution in [3.05, 3.63) is 65.7 Å². The molecule has 2 heterocycles. The van der Waals surface area contributed by atoms with Crippen molar-refractivity contribution >= 4 is 22.1 Å². The average molecular weight is 513 g/mol. The third-order valence-electron chi connectivity index (χ3n) is 6.03. The fourth-order valence-corrected chi connectivity index (χ4v) is 5.95. The highest BCUT2D eigenvalue weighted by Crippen LogP contribution is 2.36. The Balaban J connectivity index is 1.43. The van der Waals surface area contributed by atoms with Crippen molar-refractivity contribution < 1.29 is 40.7 Å². The van der Waals surface area contributed by atoms with Gasteiger partial charge in [-0.25, -0.2) is 18.0 Å². The number of amides is 1. The monoisotopic (exact) mass is 512 g/mol. The van der Waals surface area contributed by atoms with Crippen molar-refractivity contribution in [2.45, 2.75) is 42.6 Å². The van der Waals surface area contributed by atoms with Gasteiger partial charge in [0.05, 0.1) is 10.5 Å². The number of benzene rings is 2. The molecule has 0 N–H and O–H groups in total. The van der Waals surface area contributed by atoms with Gasteiger partial charge < -0.3 is 9.47 Å². The van der Waals surface area contributed by atoms with Crippen LogP contribution >= 0.6 is 0 Å². The predicted octanol–water partition coefficient (Wildman–Crippen LogP) is 3.42. The van der Waals surface area contributed by atoms with Crippen LogP contribution in [0.15, 0.2) is 59.5 Å². The molecule has 0 aromatic heterocycles. The van der Waals surface area contributed by atoms with Crippen LogP contribution in [0, 0.1) is 0 Å². The molecular weight excluding hydrogens is 489 g/mol. The first-order valence-corrected chi connectivity index (χ1v) is 12.3. The van der Waals surface area contributed by atoms with Gasteiger partial charge in [-0.15, -0.1) is 0 Å². The van der Waals surface area contributed by atoms with Crippen molar-refractivity contribution in [1.82, 2.24) is 9.21 Å². The van der Waals surface area contributed by atoms with E-state index in [0.717, 1.165) is 28.1 Å². The van der Waals surface area contributed by atoms with Gasteiger partial charge >= 0.3 is 18.2 Å². The topological polar surface area (TPSA) is 93.2 Å². The Morgan fingerprint density at radius 3 is 2.31 bits per heavy atom. The minimum atomic E-state index is -4.82. The summed E-state index contributed by atoms with van der Waals surface area (Å²) >= 11 is 0. The minimum absolute atomic E-state index is 0.0213. The van der Waals surface area contributed by atoms with Gasteiger partial charge in [-0.1, -0.05) is 42.5 Å². The lowest BCUT2D eigenvalue weighted by molar-refractivity contribution is -0.150. The van der Waals surface area contributed by atoms with Crippen molar-refractivity contribution in [2.75, 3.05) is 19.7 Å². The maximum atomic E-state index is 13.4. The largest absolute Gasteiger partial charge is 0.459 e. The first-order chi connectivity index (χ1) is 16.6. The maximum Gasteiger partial charge on any atom is 0.417 e. The lowest BCUT2D eigenvalue weighted by atomic mass is 10.0. The molecule has 0 saturated carbocycles. The fourth-order valence-electron chi connectivity index (χ4n) is 4.27. The highest BCUT2D eigenvalue weighted by atomic mass is 32.2. The zero-order valence-corrected chi connectivity index (χ0v) is 19.3. The summed E-state index contributed by atoms with van der Waals surface area (Å²) in [5, 5.41) is 0. The molecule has 4 rings (SSSR count). The summed E-state index contributed by atoms with van der Waals surface area (Å²) in [4.78, 5) is 25.4. The predicted molar refractivity (Wildman–Crippen MR) is 116 cm³/mol. The summed E-state index contributed by atoms with van der Waals surface area (Å²) in [6.07, 6.45) is -5.28. The molecule has 0 radical (unpaired) electrons. The lowest BCUT2D eigenvalue weighted by Gasteiger charge is -2.36. The van der Waals surface area contributed by atoms with E-state index in [4.69, 9.17) is 9.47 Å². The number of cyclic esters (lactones) is 1. The number of hydrogen-bond acceptors (Lipinski definition) is 6. The van der Waals surface area contributed by atoms with Crippen LogP contribution in [-0.2, 0) is 37.1 Å². The van der Waals surface area contributed by atoms with Gasteiger partial charge in [0.2, 0.25) is 10.0 Å². The quantitative estimate of drug-likeness (QED) is 0.551. The molecular formula is C23H23F3N2O6S. The highest BCUT2D eigenvalue weighted by molar-refractivity contribution is 7.89. The van der Waals surface area contributed by atoms with Gasteiger partial charge in [0.25, 0.3) is 0 Å². The van der Waals surface area contributed by atoms with Crippen molar-refractivity contribution in [3.8, 4) is 0 Å². The summed E-state index contributed by atoms with van der Waals surface area (Å²) in [6.45, 7) is -0.402. The number of ether oxygens (including phenoxy) is 2. The van der Waals surface area contributed by atoms with Crippen LogP contribution < -0.4 is 0 Å². The van der Waals surface area contributed by atoms with E-state index in [1.165, 1.54) is 11.0 Å². The standard InChI is InChI=1S/C23H23F3N2O6S/c24-23(25,26)18-8-4-5-9-20(18)35(31,32)27-12-10-17(11-13-27)28-19(15-34-22(28)30)21(29)33-14-16-6-2-1-3-7-16/h1-9,17,19H,10-15H2. The zero-order valence-electron chi connectivity index (χ0n) is 18.5. The third kappa shape index (κ3) is 5.27. The molecule has 1 unspecified atom stereocenters. The molecule has 0 bridgehead atoms. The summed E-state index contributed by atoms with van der Waals surface area (Å²) < 4.78 is 77.4. The Bertz CT molecular complexity index is 1180. The first-order valence-electron chi connectivity index (χ1n) is 10.9. The second-order valence-electron chi connectivity index (χ2n) is 8.22. The van der Waals surface area contributed by atoms with Gasteiger partial charge in [-0.3, -0.25) is 4.90 Å².